The van der Waals surface area contributed by atoms with Crippen LogP contribution in [0.15, 0.2) is 48.6 Å². The highest BCUT2D eigenvalue weighted by molar-refractivity contribution is 5.76. The maximum atomic E-state index is 13.2. The second kappa shape index (κ2) is 42.3. The minimum atomic E-state index is -1.79. The molecule has 0 spiro atoms. The van der Waals surface area contributed by atoms with E-state index < -0.39 is 86.8 Å². The highest BCUT2D eigenvalue weighted by Gasteiger charge is 2.51. The van der Waals surface area contributed by atoms with Crippen molar-refractivity contribution in [2.24, 2.45) is 0 Å². The molecule has 0 aliphatic carbocycles. The van der Waals surface area contributed by atoms with Gasteiger partial charge in [0.25, 0.3) is 0 Å². The lowest BCUT2D eigenvalue weighted by Crippen LogP contribution is -2.65. The minimum Gasteiger partial charge on any atom is -0.394 e. The topological polar surface area (TPSA) is 228 Å². The van der Waals surface area contributed by atoms with Gasteiger partial charge in [0.2, 0.25) is 5.91 Å². The molecule has 14 nitrogen and oxygen atoms in total. The number of aliphatic hydroxyl groups is 8. The van der Waals surface area contributed by atoms with Gasteiger partial charge in [-0.1, -0.05) is 178 Å². The number of hydrogen-bond donors (Lipinski definition) is 9. The highest BCUT2D eigenvalue weighted by atomic mass is 16.7. The van der Waals surface area contributed by atoms with Crippen LogP contribution in [0.25, 0.3) is 0 Å². The predicted molar refractivity (Wildman–Crippen MR) is 277 cm³/mol. The van der Waals surface area contributed by atoms with Crippen LogP contribution in [0, 0.1) is 0 Å². The smallest absolute Gasteiger partial charge is 0.220 e. The van der Waals surface area contributed by atoms with Gasteiger partial charge in [-0.3, -0.25) is 4.79 Å². The molecule has 0 aromatic rings. The van der Waals surface area contributed by atoms with E-state index in [4.69, 9.17) is 18.9 Å². The Bertz CT molecular complexity index is 1360. The Kier molecular flexibility index (Phi) is 38.7. The van der Waals surface area contributed by atoms with E-state index in [0.717, 1.165) is 64.2 Å². The molecule has 2 rings (SSSR count). The number of unbranched alkanes of at least 4 members (excludes halogenated alkanes) is 24. The second-order valence-electron chi connectivity index (χ2n) is 19.7. The molecule has 12 atom stereocenters. The lowest BCUT2D eigenvalue weighted by molar-refractivity contribution is -0.359. The van der Waals surface area contributed by atoms with Gasteiger partial charge in [0.1, 0.15) is 48.8 Å². The van der Waals surface area contributed by atoms with Crippen molar-refractivity contribution in [1.29, 1.82) is 0 Å². The van der Waals surface area contributed by atoms with E-state index in [1.807, 2.05) is 6.08 Å². The van der Waals surface area contributed by atoms with E-state index in [2.05, 4.69) is 55.6 Å². The van der Waals surface area contributed by atoms with Gasteiger partial charge in [-0.25, -0.2) is 0 Å². The average Bonchev–Trinajstić information content (AvgIpc) is 3.36. The van der Waals surface area contributed by atoms with Gasteiger partial charge in [0, 0.05) is 6.42 Å². The summed E-state index contributed by atoms with van der Waals surface area (Å²) in [5.41, 5.74) is 0. The van der Waals surface area contributed by atoms with Gasteiger partial charge in [-0.2, -0.15) is 0 Å². The van der Waals surface area contributed by atoms with Crippen molar-refractivity contribution >= 4 is 5.91 Å². The normalized spacial score (nSPS) is 26.3. The number of ether oxygens (including phenoxy) is 4. The molecule has 0 aromatic heterocycles. The first-order valence-corrected chi connectivity index (χ1v) is 27.9. The number of aliphatic hydroxyl groups excluding tert-OH is 8. The third-order valence-electron chi connectivity index (χ3n) is 13.5. The SMILES string of the molecule is CCCCCCCC/C=C\CCCCCCCC(=O)NC(COC1OC(CO)C(OC2OC(CO)C(O)C(O)C2O)C(O)C1O)C(O)/C=C/CC/C=C/CC/C=C/CCCCCCCCCCCCC. The molecule has 2 saturated heterocycles. The van der Waals surface area contributed by atoms with Crippen LogP contribution in [0.2, 0.25) is 0 Å². The van der Waals surface area contributed by atoms with E-state index in [9.17, 15) is 45.6 Å². The molecule has 9 N–H and O–H groups in total. The first-order chi connectivity index (χ1) is 34.1. The van der Waals surface area contributed by atoms with Gasteiger partial charge in [0.15, 0.2) is 12.6 Å². The van der Waals surface area contributed by atoms with Crippen molar-refractivity contribution in [2.45, 2.75) is 280 Å². The number of allylic oxidation sites excluding steroid dienone is 7. The Morgan fingerprint density at radius 1 is 0.500 bits per heavy atom. The molecule has 408 valence electrons. The quantitative estimate of drug-likeness (QED) is 0.0207. The van der Waals surface area contributed by atoms with E-state index in [1.54, 1.807) is 6.08 Å². The molecular formula is C56H101NO13. The molecule has 2 fully saturated rings. The number of nitrogens with one attached hydrogen (secondary N) is 1. The fraction of sp³-hybridized carbons (Fsp3) is 0.839. The third-order valence-corrected chi connectivity index (χ3v) is 13.5. The second-order valence-corrected chi connectivity index (χ2v) is 19.7. The van der Waals surface area contributed by atoms with Crippen molar-refractivity contribution in [3.63, 3.8) is 0 Å². The summed E-state index contributed by atoms with van der Waals surface area (Å²) in [5, 5.41) is 86.9. The van der Waals surface area contributed by atoms with Crippen LogP contribution in [0.5, 0.6) is 0 Å². The van der Waals surface area contributed by atoms with Crippen LogP contribution in [0.1, 0.15) is 206 Å². The van der Waals surface area contributed by atoms with Crippen molar-refractivity contribution in [1.82, 2.24) is 5.32 Å². The van der Waals surface area contributed by atoms with E-state index in [-0.39, 0.29) is 18.9 Å². The first kappa shape index (κ1) is 64.1. The third kappa shape index (κ3) is 28.4. The summed E-state index contributed by atoms with van der Waals surface area (Å²) in [6.45, 7) is 2.75. The van der Waals surface area contributed by atoms with Crippen LogP contribution >= 0.6 is 0 Å². The Labute approximate surface area is 423 Å². The van der Waals surface area contributed by atoms with Crippen molar-refractivity contribution < 1.29 is 64.6 Å². The molecule has 0 aromatic carbocycles. The molecule has 2 heterocycles. The summed E-state index contributed by atoms with van der Waals surface area (Å²) >= 11 is 0. The highest BCUT2D eigenvalue weighted by Crippen LogP contribution is 2.30. The predicted octanol–water partition coefficient (Wildman–Crippen LogP) is 8.44. The summed E-state index contributed by atoms with van der Waals surface area (Å²) < 4.78 is 22.7. The fourth-order valence-corrected chi connectivity index (χ4v) is 8.90. The molecule has 2 aliphatic rings. The standard InChI is InChI=1S/C56H101NO13/c1-3-5-7-9-11-13-15-17-19-20-21-22-23-24-26-27-29-31-33-35-37-39-45(60)44(57-48(61)40-38-36-34-32-30-28-25-18-16-14-12-10-8-6-4-2)43-67-55-53(66)51(64)54(47(42-59)69-55)70-56-52(65)50(63)49(62)46(41-58)68-56/h18,23-25,29,31,37,39,44-47,49-56,58-60,62-66H,3-17,19-22,26-28,30,32-36,38,40-43H2,1-2H3,(H,57,61)/b24-23+,25-18-,31-29+,39-37+. The molecule has 12 unspecified atom stereocenters. The van der Waals surface area contributed by atoms with Gasteiger partial charge in [-0.05, 0) is 70.6 Å². The van der Waals surface area contributed by atoms with Crippen molar-refractivity contribution in [3.05, 3.63) is 48.6 Å². The molecule has 0 bridgehead atoms. The summed E-state index contributed by atoms with van der Waals surface area (Å²) in [6.07, 6.45) is 34.4. The van der Waals surface area contributed by atoms with Crippen LogP contribution in [0.3, 0.4) is 0 Å². The van der Waals surface area contributed by atoms with E-state index in [0.29, 0.717) is 12.8 Å². The van der Waals surface area contributed by atoms with Crippen molar-refractivity contribution in [3.8, 4) is 0 Å². The zero-order valence-electron chi connectivity index (χ0n) is 43.5. The van der Waals surface area contributed by atoms with E-state index in [1.165, 1.54) is 109 Å². The minimum absolute atomic E-state index is 0.259. The van der Waals surface area contributed by atoms with Crippen LogP contribution in [-0.2, 0) is 23.7 Å². The molecule has 70 heavy (non-hydrogen) atoms. The molecule has 0 radical (unpaired) electrons. The summed E-state index contributed by atoms with van der Waals surface area (Å²) in [6, 6.07) is -0.942. The largest absolute Gasteiger partial charge is 0.394 e. The van der Waals surface area contributed by atoms with E-state index >= 15 is 0 Å². The first-order valence-electron chi connectivity index (χ1n) is 27.9. The summed E-state index contributed by atoms with van der Waals surface area (Å²) in [5.74, 6) is -0.263. The number of hydrogen-bond acceptors (Lipinski definition) is 13. The van der Waals surface area contributed by atoms with Crippen molar-refractivity contribution in [2.75, 3.05) is 19.8 Å². The van der Waals surface area contributed by atoms with Crippen LogP contribution in [0.4, 0.5) is 0 Å². The maximum Gasteiger partial charge on any atom is 0.220 e. The summed E-state index contributed by atoms with van der Waals surface area (Å²) in [4.78, 5) is 13.2. The number of amides is 1. The molecule has 14 heteroatoms. The van der Waals surface area contributed by atoms with Gasteiger partial charge in [-0.15, -0.1) is 0 Å². The molecular weight excluding hydrogens is 895 g/mol. The fourth-order valence-electron chi connectivity index (χ4n) is 8.90. The Morgan fingerprint density at radius 3 is 1.40 bits per heavy atom. The lowest BCUT2D eigenvalue weighted by atomic mass is 9.97. The average molecular weight is 996 g/mol. The van der Waals surface area contributed by atoms with Gasteiger partial charge in [0.05, 0.1) is 32.0 Å². The molecule has 1 amide bonds. The van der Waals surface area contributed by atoms with Gasteiger partial charge >= 0.3 is 0 Å². The Balaban J connectivity index is 1.84. The van der Waals surface area contributed by atoms with Crippen LogP contribution < -0.4 is 5.32 Å². The molecule has 0 saturated carbocycles. The Hall–Kier alpha value is -2.05. The Morgan fingerprint density at radius 2 is 0.914 bits per heavy atom. The summed E-state index contributed by atoms with van der Waals surface area (Å²) in [7, 11) is 0. The number of rotatable bonds is 43. The lowest BCUT2D eigenvalue weighted by Gasteiger charge is -2.46. The monoisotopic (exact) mass is 996 g/mol. The molecule has 2 aliphatic heterocycles. The van der Waals surface area contributed by atoms with Crippen LogP contribution in [-0.4, -0.2) is 140 Å². The maximum absolute atomic E-state index is 13.2. The zero-order valence-corrected chi connectivity index (χ0v) is 43.5. The van der Waals surface area contributed by atoms with Gasteiger partial charge < -0.3 is 65.1 Å². The number of carbonyl (C=O) groups is 1. The zero-order chi connectivity index (χ0) is 51.0. The number of carbonyl (C=O) groups excluding carboxylic acids is 1.